The summed E-state index contributed by atoms with van der Waals surface area (Å²) in [6.45, 7) is 2.65. The van der Waals surface area contributed by atoms with Gasteiger partial charge in [0.1, 0.15) is 6.17 Å². The molecule has 1 aliphatic rings. The number of hydrogen-bond donors (Lipinski definition) is 0. The van der Waals surface area contributed by atoms with Crippen LogP contribution in [0.2, 0.25) is 0 Å². The second-order valence-electron chi connectivity index (χ2n) is 4.52. The molecule has 1 aliphatic heterocycles. The number of carbonyl (C=O) groups excluding carboxylic acids is 1. The molecule has 2 unspecified atom stereocenters. The van der Waals surface area contributed by atoms with E-state index < -0.39 is 6.17 Å². The van der Waals surface area contributed by atoms with E-state index in [-0.39, 0.29) is 11.7 Å². The molecule has 0 N–H and O–H groups in total. The predicted molar refractivity (Wildman–Crippen MR) is 63.8 cm³/mol. The molecule has 0 saturated carbocycles. The second kappa shape index (κ2) is 5.41. The van der Waals surface area contributed by atoms with E-state index in [9.17, 15) is 9.18 Å². The highest BCUT2D eigenvalue weighted by Crippen LogP contribution is 2.33. The zero-order valence-corrected chi connectivity index (χ0v) is 9.99. The van der Waals surface area contributed by atoms with Gasteiger partial charge in [-0.3, -0.25) is 4.79 Å². The fourth-order valence-corrected chi connectivity index (χ4v) is 2.31. The van der Waals surface area contributed by atoms with Gasteiger partial charge in [0.25, 0.3) is 0 Å². The second-order valence-corrected chi connectivity index (χ2v) is 4.52. The fourth-order valence-electron chi connectivity index (χ4n) is 2.31. The lowest BCUT2D eigenvalue weighted by Crippen LogP contribution is -2.22. The normalized spacial score (nSPS) is 22.1. The van der Waals surface area contributed by atoms with Crippen LogP contribution < -0.4 is 0 Å². The summed E-state index contributed by atoms with van der Waals surface area (Å²) in [5.41, 5.74) is 1.00. The molecule has 1 fully saturated rings. The van der Waals surface area contributed by atoms with Crippen LogP contribution in [0, 0.1) is 5.92 Å². The third kappa shape index (κ3) is 2.72. The summed E-state index contributed by atoms with van der Waals surface area (Å²) in [6.07, 6.45) is 0.621. The van der Waals surface area contributed by atoms with Crippen LogP contribution in [-0.2, 0) is 4.74 Å². The molecule has 1 aromatic rings. The molecule has 2 rings (SSSR count). The minimum absolute atomic E-state index is 0.0834. The van der Waals surface area contributed by atoms with Gasteiger partial charge in [-0.05, 0) is 25.3 Å². The van der Waals surface area contributed by atoms with E-state index >= 15 is 0 Å². The Labute approximate surface area is 101 Å². The van der Waals surface area contributed by atoms with Crippen LogP contribution in [-0.4, -0.2) is 19.0 Å². The third-order valence-electron chi connectivity index (χ3n) is 3.25. The highest BCUT2D eigenvalue weighted by Gasteiger charge is 2.27. The van der Waals surface area contributed by atoms with Crippen LogP contribution in [0.1, 0.15) is 41.9 Å². The lowest BCUT2D eigenvalue weighted by atomic mass is 9.89. The maximum Gasteiger partial charge on any atom is 0.160 e. The van der Waals surface area contributed by atoms with Crippen LogP contribution in [0.15, 0.2) is 24.3 Å². The zero-order chi connectivity index (χ0) is 12.3. The Morgan fingerprint density at radius 2 is 2.24 bits per heavy atom. The molecule has 2 nitrogen and oxygen atoms in total. The standard InChI is InChI=1S/C14H17FO2/c1-10(16)12-6-2-3-7-13(12)14(15)11-5-4-8-17-9-11/h2-3,6-7,11,14H,4-5,8-9H2,1H3. The van der Waals surface area contributed by atoms with Gasteiger partial charge >= 0.3 is 0 Å². The largest absolute Gasteiger partial charge is 0.381 e. The fraction of sp³-hybridized carbons (Fsp3) is 0.500. The SMILES string of the molecule is CC(=O)c1ccccc1C(F)C1CCCOC1. The molecular weight excluding hydrogens is 219 g/mol. The number of ether oxygens (including phenoxy) is 1. The molecule has 0 radical (unpaired) electrons. The van der Waals surface area contributed by atoms with E-state index in [0.717, 1.165) is 19.4 Å². The summed E-state index contributed by atoms with van der Waals surface area (Å²) in [5, 5.41) is 0. The first-order valence-corrected chi connectivity index (χ1v) is 6.02. The van der Waals surface area contributed by atoms with Gasteiger partial charge in [-0.15, -0.1) is 0 Å². The van der Waals surface area contributed by atoms with Crippen molar-refractivity contribution in [2.45, 2.75) is 25.9 Å². The monoisotopic (exact) mass is 236 g/mol. The molecule has 0 amide bonds. The number of carbonyl (C=O) groups is 1. The van der Waals surface area contributed by atoms with E-state index in [2.05, 4.69) is 0 Å². The molecule has 0 aliphatic carbocycles. The molecule has 1 aromatic carbocycles. The first kappa shape index (κ1) is 12.2. The van der Waals surface area contributed by atoms with Crippen molar-refractivity contribution < 1.29 is 13.9 Å². The number of ketones is 1. The van der Waals surface area contributed by atoms with Crippen molar-refractivity contribution in [3.05, 3.63) is 35.4 Å². The average molecular weight is 236 g/mol. The summed E-state index contributed by atoms with van der Waals surface area (Å²) in [6, 6.07) is 6.94. The van der Waals surface area contributed by atoms with Crippen molar-refractivity contribution in [3.63, 3.8) is 0 Å². The van der Waals surface area contributed by atoms with E-state index in [1.807, 2.05) is 0 Å². The Morgan fingerprint density at radius 3 is 2.88 bits per heavy atom. The van der Waals surface area contributed by atoms with Gasteiger partial charge in [0.05, 0.1) is 6.61 Å². The highest BCUT2D eigenvalue weighted by molar-refractivity contribution is 5.95. The van der Waals surface area contributed by atoms with Crippen LogP contribution in [0.5, 0.6) is 0 Å². The van der Waals surface area contributed by atoms with Crippen LogP contribution in [0.3, 0.4) is 0 Å². The van der Waals surface area contributed by atoms with E-state index in [4.69, 9.17) is 4.74 Å². The zero-order valence-electron chi connectivity index (χ0n) is 9.99. The molecule has 1 saturated heterocycles. The lowest BCUT2D eigenvalue weighted by molar-refractivity contribution is 0.0195. The first-order valence-electron chi connectivity index (χ1n) is 6.02. The molecule has 0 bridgehead atoms. The van der Waals surface area contributed by atoms with Crippen molar-refractivity contribution in [1.82, 2.24) is 0 Å². The molecular formula is C14H17FO2. The summed E-state index contributed by atoms with van der Waals surface area (Å²) < 4.78 is 19.7. The first-order chi connectivity index (χ1) is 8.20. The van der Waals surface area contributed by atoms with E-state index in [1.54, 1.807) is 24.3 Å². The maximum atomic E-state index is 14.4. The number of rotatable bonds is 3. The van der Waals surface area contributed by atoms with Gasteiger partial charge in [0, 0.05) is 18.1 Å². The summed E-state index contributed by atoms with van der Waals surface area (Å²) in [4.78, 5) is 11.5. The van der Waals surface area contributed by atoms with Crippen molar-refractivity contribution in [1.29, 1.82) is 0 Å². The Balaban J connectivity index is 2.23. The minimum atomic E-state index is -1.10. The summed E-state index contributed by atoms with van der Waals surface area (Å²) >= 11 is 0. The molecule has 0 spiro atoms. The van der Waals surface area contributed by atoms with Gasteiger partial charge < -0.3 is 4.74 Å². The van der Waals surface area contributed by atoms with Gasteiger partial charge in [0.15, 0.2) is 5.78 Å². The van der Waals surface area contributed by atoms with E-state index in [1.165, 1.54) is 6.92 Å². The van der Waals surface area contributed by atoms with Crippen molar-refractivity contribution >= 4 is 5.78 Å². The molecule has 2 atom stereocenters. The number of Topliss-reactive ketones (excluding diaryl/α,β-unsaturated/α-hetero) is 1. The number of halogens is 1. The van der Waals surface area contributed by atoms with Crippen LogP contribution >= 0.6 is 0 Å². The molecule has 0 aromatic heterocycles. The van der Waals surface area contributed by atoms with Gasteiger partial charge in [-0.25, -0.2) is 4.39 Å². The Morgan fingerprint density at radius 1 is 1.47 bits per heavy atom. The molecule has 1 heterocycles. The quantitative estimate of drug-likeness (QED) is 0.752. The Bertz CT molecular complexity index is 397. The van der Waals surface area contributed by atoms with Crippen LogP contribution in [0.25, 0.3) is 0 Å². The lowest BCUT2D eigenvalue weighted by Gasteiger charge is -2.26. The maximum absolute atomic E-state index is 14.4. The molecule has 17 heavy (non-hydrogen) atoms. The number of alkyl halides is 1. The number of hydrogen-bond acceptors (Lipinski definition) is 2. The summed E-state index contributed by atoms with van der Waals surface area (Å²) in [7, 11) is 0. The van der Waals surface area contributed by atoms with Crippen molar-refractivity contribution in [2.75, 3.05) is 13.2 Å². The van der Waals surface area contributed by atoms with Crippen LogP contribution in [0.4, 0.5) is 4.39 Å². The van der Waals surface area contributed by atoms with Gasteiger partial charge in [-0.1, -0.05) is 24.3 Å². The van der Waals surface area contributed by atoms with Crippen molar-refractivity contribution in [2.24, 2.45) is 5.92 Å². The van der Waals surface area contributed by atoms with Crippen molar-refractivity contribution in [3.8, 4) is 0 Å². The Kier molecular flexibility index (Phi) is 3.89. The predicted octanol–water partition coefficient (Wildman–Crippen LogP) is 3.33. The van der Waals surface area contributed by atoms with E-state index in [0.29, 0.717) is 17.7 Å². The highest BCUT2D eigenvalue weighted by atomic mass is 19.1. The average Bonchev–Trinajstić information content (AvgIpc) is 2.39. The topological polar surface area (TPSA) is 26.3 Å². The third-order valence-corrected chi connectivity index (χ3v) is 3.25. The van der Waals surface area contributed by atoms with Gasteiger partial charge in [-0.2, -0.15) is 0 Å². The summed E-state index contributed by atoms with van der Waals surface area (Å²) in [5.74, 6) is -0.204. The number of benzene rings is 1. The smallest absolute Gasteiger partial charge is 0.160 e. The minimum Gasteiger partial charge on any atom is -0.381 e. The van der Waals surface area contributed by atoms with Gasteiger partial charge in [0.2, 0.25) is 0 Å². The Hall–Kier alpha value is -1.22. The molecule has 92 valence electrons. The molecule has 3 heteroatoms.